The van der Waals surface area contributed by atoms with Crippen molar-refractivity contribution in [1.29, 1.82) is 0 Å². The fourth-order valence-corrected chi connectivity index (χ4v) is 2.40. The van der Waals surface area contributed by atoms with Crippen LogP contribution in [0.4, 0.5) is 0 Å². The highest BCUT2D eigenvalue weighted by Gasteiger charge is 2.13. The lowest BCUT2D eigenvalue weighted by molar-refractivity contribution is 0.454. The molecular formula is C14H14Cl2N2O. The molecule has 2 rings (SSSR count). The van der Waals surface area contributed by atoms with E-state index in [-0.39, 0.29) is 5.28 Å². The first-order valence-corrected chi connectivity index (χ1v) is 6.73. The van der Waals surface area contributed by atoms with Crippen LogP contribution in [0.5, 0.6) is 11.6 Å². The van der Waals surface area contributed by atoms with Crippen LogP contribution in [-0.4, -0.2) is 9.97 Å². The largest absolute Gasteiger partial charge is 0.439 e. The van der Waals surface area contributed by atoms with E-state index in [1.54, 1.807) is 0 Å². The molecule has 0 aliphatic rings. The van der Waals surface area contributed by atoms with Crippen molar-refractivity contribution < 1.29 is 4.74 Å². The summed E-state index contributed by atoms with van der Waals surface area (Å²) in [6.07, 6.45) is 0.677. The van der Waals surface area contributed by atoms with Crippen LogP contribution in [0, 0.1) is 13.8 Å². The molecule has 1 heterocycles. The summed E-state index contributed by atoms with van der Waals surface area (Å²) in [6.45, 7) is 5.99. The predicted octanol–water partition coefficient (Wildman–Crippen LogP) is 4.75. The number of ether oxygens (including phenoxy) is 1. The highest BCUT2D eigenvalue weighted by molar-refractivity contribution is 6.32. The van der Waals surface area contributed by atoms with Crippen molar-refractivity contribution in [3.05, 3.63) is 45.3 Å². The molecule has 0 fully saturated rings. The van der Waals surface area contributed by atoms with Gasteiger partial charge in [-0.1, -0.05) is 24.6 Å². The molecule has 0 unspecified atom stereocenters. The fourth-order valence-electron chi connectivity index (χ4n) is 1.90. The Bertz CT molecular complexity index is 594. The Morgan fingerprint density at radius 1 is 1.05 bits per heavy atom. The van der Waals surface area contributed by atoms with Crippen LogP contribution in [0.3, 0.4) is 0 Å². The monoisotopic (exact) mass is 296 g/mol. The smallest absolute Gasteiger partial charge is 0.228 e. The number of nitrogens with zero attached hydrogens (tertiary/aromatic N) is 2. The van der Waals surface area contributed by atoms with E-state index in [0.717, 1.165) is 22.4 Å². The van der Waals surface area contributed by atoms with E-state index in [9.17, 15) is 0 Å². The minimum absolute atomic E-state index is 0.0848. The van der Waals surface area contributed by atoms with Gasteiger partial charge in [-0.25, -0.2) is 4.98 Å². The molecule has 0 saturated carbocycles. The van der Waals surface area contributed by atoms with E-state index in [1.165, 1.54) is 0 Å². The molecular weight excluding hydrogens is 283 g/mol. The molecule has 3 nitrogen and oxygen atoms in total. The molecule has 0 aliphatic heterocycles. The summed E-state index contributed by atoms with van der Waals surface area (Å²) in [7, 11) is 0. The second kappa shape index (κ2) is 5.76. The minimum Gasteiger partial charge on any atom is -0.439 e. The van der Waals surface area contributed by atoms with Crippen LogP contribution in [0.2, 0.25) is 10.4 Å². The minimum atomic E-state index is 0.0848. The lowest BCUT2D eigenvalue weighted by Gasteiger charge is -2.11. The van der Waals surface area contributed by atoms with Gasteiger partial charge in [0.15, 0.2) is 0 Å². The van der Waals surface area contributed by atoms with Gasteiger partial charge in [-0.2, -0.15) is 4.98 Å². The third-order valence-electron chi connectivity index (χ3n) is 2.65. The lowest BCUT2D eigenvalue weighted by Crippen LogP contribution is -1.98. The lowest BCUT2D eigenvalue weighted by atomic mass is 10.1. The van der Waals surface area contributed by atoms with Gasteiger partial charge < -0.3 is 4.74 Å². The fraction of sp³-hybridized carbons (Fsp3) is 0.286. The normalized spacial score (nSPS) is 10.6. The SMILES string of the molecule is CCc1c(Cl)nc(Cl)nc1Oc1cc(C)cc(C)c1. The standard InChI is InChI=1S/C14H14Cl2N2O/c1-4-11-12(15)17-14(16)18-13(11)19-10-6-8(2)5-9(3)7-10/h5-7H,4H2,1-3H3. The quantitative estimate of drug-likeness (QED) is 0.605. The Balaban J connectivity index is 2.42. The predicted molar refractivity (Wildman–Crippen MR) is 77.4 cm³/mol. The van der Waals surface area contributed by atoms with E-state index in [4.69, 9.17) is 27.9 Å². The van der Waals surface area contributed by atoms with Crippen molar-refractivity contribution in [2.75, 3.05) is 0 Å². The van der Waals surface area contributed by atoms with Crippen LogP contribution in [0.25, 0.3) is 0 Å². The van der Waals surface area contributed by atoms with Gasteiger partial charge >= 0.3 is 0 Å². The third-order valence-corrected chi connectivity index (χ3v) is 3.14. The highest BCUT2D eigenvalue weighted by Crippen LogP contribution is 2.30. The molecule has 0 radical (unpaired) electrons. The second-order valence-corrected chi connectivity index (χ2v) is 5.04. The Hall–Kier alpha value is -1.32. The van der Waals surface area contributed by atoms with Crippen LogP contribution in [0.1, 0.15) is 23.6 Å². The number of hydrogen-bond acceptors (Lipinski definition) is 3. The van der Waals surface area contributed by atoms with E-state index >= 15 is 0 Å². The number of aromatic nitrogens is 2. The second-order valence-electron chi connectivity index (χ2n) is 4.35. The van der Waals surface area contributed by atoms with Crippen molar-refractivity contribution in [2.24, 2.45) is 0 Å². The molecule has 0 aliphatic carbocycles. The van der Waals surface area contributed by atoms with Gasteiger partial charge in [0.05, 0.1) is 5.56 Å². The maximum Gasteiger partial charge on any atom is 0.228 e. The van der Waals surface area contributed by atoms with E-state index in [1.807, 2.05) is 32.9 Å². The Labute approximate surface area is 122 Å². The van der Waals surface area contributed by atoms with Crippen LogP contribution in [-0.2, 0) is 6.42 Å². The van der Waals surface area contributed by atoms with Crippen LogP contribution >= 0.6 is 23.2 Å². The maximum atomic E-state index is 6.05. The third kappa shape index (κ3) is 3.37. The van der Waals surface area contributed by atoms with Gasteiger partial charge in [0.25, 0.3) is 0 Å². The summed E-state index contributed by atoms with van der Waals surface area (Å²) in [5.41, 5.74) is 3.00. The molecule has 0 amide bonds. The topological polar surface area (TPSA) is 35.0 Å². The summed E-state index contributed by atoms with van der Waals surface area (Å²) >= 11 is 11.9. The van der Waals surface area contributed by atoms with E-state index < -0.39 is 0 Å². The van der Waals surface area contributed by atoms with E-state index in [2.05, 4.69) is 16.0 Å². The van der Waals surface area contributed by atoms with Gasteiger partial charge in [0.1, 0.15) is 10.9 Å². The van der Waals surface area contributed by atoms with Gasteiger partial charge in [-0.15, -0.1) is 0 Å². The summed E-state index contributed by atoms with van der Waals surface area (Å²) in [5.74, 6) is 1.13. The summed E-state index contributed by atoms with van der Waals surface area (Å²) in [5, 5.41) is 0.420. The first-order chi connectivity index (χ1) is 8.99. The van der Waals surface area contributed by atoms with E-state index in [0.29, 0.717) is 17.5 Å². The molecule has 1 aromatic heterocycles. The first-order valence-electron chi connectivity index (χ1n) is 5.97. The van der Waals surface area contributed by atoms with Gasteiger partial charge in [0, 0.05) is 0 Å². The summed E-state index contributed by atoms with van der Waals surface area (Å²) < 4.78 is 5.80. The zero-order chi connectivity index (χ0) is 14.0. The Morgan fingerprint density at radius 2 is 1.68 bits per heavy atom. The Morgan fingerprint density at radius 3 is 2.26 bits per heavy atom. The van der Waals surface area contributed by atoms with Gasteiger partial charge in [-0.3, -0.25) is 0 Å². The zero-order valence-electron chi connectivity index (χ0n) is 11.0. The summed E-state index contributed by atoms with van der Waals surface area (Å²) in [4.78, 5) is 8.03. The van der Waals surface area contributed by atoms with Gasteiger partial charge in [0.2, 0.25) is 11.2 Å². The van der Waals surface area contributed by atoms with Crippen molar-refractivity contribution in [1.82, 2.24) is 9.97 Å². The average molecular weight is 297 g/mol. The number of aryl methyl sites for hydroxylation is 2. The molecule has 0 atom stereocenters. The van der Waals surface area contributed by atoms with Crippen molar-refractivity contribution in [3.63, 3.8) is 0 Å². The number of benzene rings is 1. The first kappa shape index (κ1) is 14.1. The van der Waals surface area contributed by atoms with Crippen molar-refractivity contribution in [2.45, 2.75) is 27.2 Å². The number of rotatable bonds is 3. The molecule has 19 heavy (non-hydrogen) atoms. The molecule has 100 valence electrons. The van der Waals surface area contributed by atoms with Crippen LogP contribution in [0.15, 0.2) is 18.2 Å². The summed E-state index contributed by atoms with van der Waals surface area (Å²) in [6, 6.07) is 5.96. The van der Waals surface area contributed by atoms with Gasteiger partial charge in [-0.05, 0) is 55.1 Å². The molecule has 5 heteroatoms. The zero-order valence-corrected chi connectivity index (χ0v) is 12.5. The maximum absolute atomic E-state index is 6.05. The van der Waals surface area contributed by atoms with Crippen molar-refractivity contribution >= 4 is 23.2 Å². The molecule has 0 N–H and O–H groups in total. The molecule has 1 aromatic carbocycles. The average Bonchev–Trinajstić information content (AvgIpc) is 2.26. The number of hydrogen-bond donors (Lipinski definition) is 0. The molecule has 2 aromatic rings. The molecule has 0 saturated heterocycles. The van der Waals surface area contributed by atoms with Crippen molar-refractivity contribution in [3.8, 4) is 11.6 Å². The number of halogens is 2. The molecule has 0 bridgehead atoms. The Kier molecular flexibility index (Phi) is 4.27. The highest BCUT2D eigenvalue weighted by atomic mass is 35.5. The molecule has 0 spiro atoms. The van der Waals surface area contributed by atoms with Crippen LogP contribution < -0.4 is 4.74 Å².